The first-order valence-electron chi connectivity index (χ1n) is 11.3. The molecule has 2 aliphatic rings. The van der Waals surface area contributed by atoms with Gasteiger partial charge in [0.15, 0.2) is 4.80 Å². The molecular weight excluding hydrogens is 484 g/mol. The van der Waals surface area contributed by atoms with E-state index in [0.29, 0.717) is 25.6 Å². The number of benzene rings is 2. The Bertz CT molecular complexity index is 1560. The van der Waals surface area contributed by atoms with E-state index in [1.54, 1.807) is 30.5 Å². The van der Waals surface area contributed by atoms with Crippen LogP contribution in [-0.2, 0) is 9.53 Å². The van der Waals surface area contributed by atoms with Crippen molar-refractivity contribution in [2.75, 3.05) is 6.61 Å². The van der Waals surface area contributed by atoms with Gasteiger partial charge in [-0.05, 0) is 62.3 Å². The van der Waals surface area contributed by atoms with Gasteiger partial charge in [-0.25, -0.2) is 9.79 Å². The molecule has 2 atom stereocenters. The second-order valence-corrected chi connectivity index (χ2v) is 9.74. The van der Waals surface area contributed by atoms with Crippen LogP contribution in [0.25, 0.3) is 12.2 Å². The number of para-hydroxylation sites is 1. The summed E-state index contributed by atoms with van der Waals surface area (Å²) >= 11 is 7.40. The maximum Gasteiger partial charge on any atom is 0.338 e. The van der Waals surface area contributed by atoms with E-state index >= 15 is 0 Å². The number of allylic oxidation sites excluding steroid dienone is 1. The van der Waals surface area contributed by atoms with Crippen molar-refractivity contribution < 1.29 is 14.3 Å². The lowest BCUT2D eigenvalue weighted by Gasteiger charge is -2.24. The molecule has 0 bridgehead atoms. The van der Waals surface area contributed by atoms with Crippen LogP contribution in [0.3, 0.4) is 0 Å². The number of hydrogen-bond donors (Lipinski definition) is 0. The first-order chi connectivity index (χ1) is 16.9. The number of nitrogens with zero attached hydrogens (tertiary/aromatic N) is 2. The fourth-order valence-electron chi connectivity index (χ4n) is 4.32. The Balaban J connectivity index is 1.69. The number of carbonyl (C=O) groups is 1. The highest BCUT2D eigenvalue weighted by Crippen LogP contribution is 2.32. The van der Waals surface area contributed by atoms with Crippen LogP contribution in [0.1, 0.15) is 37.9 Å². The summed E-state index contributed by atoms with van der Waals surface area (Å²) in [6, 6.07) is 14.2. The van der Waals surface area contributed by atoms with E-state index in [4.69, 9.17) is 21.1 Å². The van der Waals surface area contributed by atoms with E-state index < -0.39 is 12.0 Å². The number of thiazole rings is 1. The number of halogens is 1. The van der Waals surface area contributed by atoms with Gasteiger partial charge in [0.1, 0.15) is 11.9 Å². The van der Waals surface area contributed by atoms with E-state index in [0.717, 1.165) is 22.4 Å². The average Bonchev–Trinajstić information content (AvgIpc) is 3.13. The van der Waals surface area contributed by atoms with Crippen LogP contribution in [-0.4, -0.2) is 23.2 Å². The van der Waals surface area contributed by atoms with Gasteiger partial charge in [-0.1, -0.05) is 53.3 Å². The van der Waals surface area contributed by atoms with Crippen LogP contribution in [0.2, 0.25) is 5.02 Å². The molecule has 2 aliphatic heterocycles. The summed E-state index contributed by atoms with van der Waals surface area (Å²) in [5.41, 5.74) is 3.24. The second-order valence-electron chi connectivity index (χ2n) is 8.30. The van der Waals surface area contributed by atoms with E-state index in [1.807, 2.05) is 55.5 Å². The van der Waals surface area contributed by atoms with Gasteiger partial charge >= 0.3 is 5.97 Å². The molecule has 8 heteroatoms. The molecule has 2 unspecified atom stereocenters. The molecule has 2 aromatic carbocycles. The van der Waals surface area contributed by atoms with Gasteiger partial charge < -0.3 is 9.47 Å². The second kappa shape index (κ2) is 9.32. The minimum Gasteiger partial charge on any atom is -0.485 e. The minimum absolute atomic E-state index is 0.215. The van der Waals surface area contributed by atoms with E-state index in [2.05, 4.69) is 4.99 Å². The smallest absolute Gasteiger partial charge is 0.338 e. The molecule has 0 amide bonds. The molecule has 0 N–H and O–H groups in total. The van der Waals surface area contributed by atoms with Gasteiger partial charge in [0.25, 0.3) is 5.56 Å². The maximum atomic E-state index is 13.7. The molecule has 5 rings (SSSR count). The molecule has 178 valence electrons. The first kappa shape index (κ1) is 23.3. The van der Waals surface area contributed by atoms with Gasteiger partial charge in [-0.2, -0.15) is 0 Å². The van der Waals surface area contributed by atoms with Crippen LogP contribution >= 0.6 is 22.9 Å². The number of ether oxygens (including phenoxy) is 2. The summed E-state index contributed by atoms with van der Waals surface area (Å²) in [4.78, 5) is 31.8. The number of esters is 1. The van der Waals surface area contributed by atoms with Crippen molar-refractivity contribution in [1.29, 1.82) is 0 Å². The zero-order valence-corrected chi connectivity index (χ0v) is 21.0. The molecule has 35 heavy (non-hydrogen) atoms. The quantitative estimate of drug-likeness (QED) is 0.496. The standard InChI is InChI=1S/C27H23ClN2O4S/c1-4-33-26(32)23-15(2)29-27-30(24(23)17-9-11-20(28)12-10-17)25(31)22(35-27)14-19-13-18-7-5-6-8-21(18)34-16(19)3/h5-14,16,24H,4H2,1-3H3/b22-14+. The van der Waals surface area contributed by atoms with Gasteiger partial charge in [-0.3, -0.25) is 9.36 Å². The number of rotatable bonds is 4. The molecule has 0 saturated heterocycles. The van der Waals surface area contributed by atoms with Crippen molar-refractivity contribution in [3.63, 3.8) is 0 Å². The highest BCUT2D eigenvalue weighted by atomic mass is 35.5. The average molecular weight is 507 g/mol. The van der Waals surface area contributed by atoms with Gasteiger partial charge in [0.2, 0.25) is 0 Å². The predicted octanol–water partition coefficient (Wildman–Crippen LogP) is 4.27. The third-order valence-electron chi connectivity index (χ3n) is 6.01. The molecule has 1 aromatic heterocycles. The van der Waals surface area contributed by atoms with Crippen molar-refractivity contribution in [2.24, 2.45) is 4.99 Å². The highest BCUT2D eigenvalue weighted by Gasteiger charge is 2.33. The lowest BCUT2D eigenvalue weighted by Crippen LogP contribution is -2.40. The van der Waals surface area contributed by atoms with Crippen molar-refractivity contribution >= 4 is 41.1 Å². The van der Waals surface area contributed by atoms with Crippen molar-refractivity contribution in [3.05, 3.63) is 101 Å². The predicted molar refractivity (Wildman–Crippen MR) is 137 cm³/mol. The molecular formula is C27H23ClN2O4S. The molecule has 0 fully saturated rings. The third-order valence-corrected chi connectivity index (χ3v) is 7.25. The highest BCUT2D eigenvalue weighted by molar-refractivity contribution is 7.07. The van der Waals surface area contributed by atoms with E-state index in [-0.39, 0.29) is 18.3 Å². The Morgan fingerprint density at radius 3 is 2.71 bits per heavy atom. The molecule has 0 aliphatic carbocycles. The summed E-state index contributed by atoms with van der Waals surface area (Å²) in [6.45, 7) is 5.69. The minimum atomic E-state index is -0.667. The molecule has 0 spiro atoms. The van der Waals surface area contributed by atoms with Crippen LogP contribution in [0, 0.1) is 0 Å². The van der Waals surface area contributed by atoms with E-state index in [1.165, 1.54) is 11.3 Å². The molecule has 3 aromatic rings. The first-order valence-corrected chi connectivity index (χ1v) is 12.5. The fourth-order valence-corrected chi connectivity index (χ4v) is 5.50. The van der Waals surface area contributed by atoms with Gasteiger partial charge in [-0.15, -0.1) is 0 Å². The molecule has 0 radical (unpaired) electrons. The summed E-state index contributed by atoms with van der Waals surface area (Å²) in [5.74, 6) is 0.327. The zero-order valence-electron chi connectivity index (χ0n) is 19.4. The Morgan fingerprint density at radius 1 is 1.23 bits per heavy atom. The Labute approximate surface area is 211 Å². The summed E-state index contributed by atoms with van der Waals surface area (Å²) < 4.78 is 13.5. The van der Waals surface area contributed by atoms with Crippen molar-refractivity contribution in [1.82, 2.24) is 4.57 Å². The molecule has 0 saturated carbocycles. The third kappa shape index (κ3) is 4.26. The van der Waals surface area contributed by atoms with Gasteiger partial charge in [0, 0.05) is 10.6 Å². The Morgan fingerprint density at radius 2 is 1.97 bits per heavy atom. The summed E-state index contributed by atoms with van der Waals surface area (Å²) in [5, 5.41) is 0.568. The Kier molecular flexibility index (Phi) is 6.21. The number of aromatic nitrogens is 1. The normalized spacial score (nSPS) is 19.3. The molecule has 3 heterocycles. The summed E-state index contributed by atoms with van der Waals surface area (Å²) in [6.07, 6.45) is 3.67. The van der Waals surface area contributed by atoms with Gasteiger partial charge in [0.05, 0.1) is 28.5 Å². The fraction of sp³-hybridized carbons (Fsp3) is 0.222. The lowest BCUT2D eigenvalue weighted by atomic mass is 9.96. The number of hydrogen-bond acceptors (Lipinski definition) is 6. The van der Waals surface area contributed by atoms with Crippen LogP contribution in [0.15, 0.2) is 75.2 Å². The monoisotopic (exact) mass is 506 g/mol. The Hall–Kier alpha value is -3.42. The van der Waals surface area contributed by atoms with Crippen molar-refractivity contribution in [2.45, 2.75) is 32.9 Å². The summed E-state index contributed by atoms with van der Waals surface area (Å²) in [7, 11) is 0. The van der Waals surface area contributed by atoms with Crippen LogP contribution in [0.5, 0.6) is 5.75 Å². The largest absolute Gasteiger partial charge is 0.485 e. The maximum absolute atomic E-state index is 13.7. The number of carbonyl (C=O) groups excluding carboxylic acids is 1. The topological polar surface area (TPSA) is 69.9 Å². The molecule has 6 nitrogen and oxygen atoms in total. The van der Waals surface area contributed by atoms with Crippen molar-refractivity contribution in [3.8, 4) is 5.75 Å². The SMILES string of the molecule is CCOC(=O)C1=C(C)N=c2s/c(=C/C3=Cc4ccccc4OC3C)c(=O)n2C1c1ccc(Cl)cc1. The van der Waals surface area contributed by atoms with Crippen LogP contribution in [0.4, 0.5) is 0 Å². The lowest BCUT2D eigenvalue weighted by molar-refractivity contribution is -0.139. The van der Waals surface area contributed by atoms with E-state index in [9.17, 15) is 9.59 Å². The zero-order chi connectivity index (χ0) is 24.7. The van der Waals surface area contributed by atoms with Crippen LogP contribution < -0.4 is 19.6 Å². The number of fused-ring (bicyclic) bond motifs is 2.